The fraction of sp³-hybridized carbons (Fsp3) is 0.500. The fourth-order valence-electron chi connectivity index (χ4n) is 1.52. The van der Waals surface area contributed by atoms with Crippen molar-refractivity contribution in [3.8, 4) is 0 Å². The van der Waals surface area contributed by atoms with Crippen LogP contribution in [0.1, 0.15) is 41.9 Å². The summed E-state index contributed by atoms with van der Waals surface area (Å²) in [4.78, 5) is 24.1. The third-order valence-corrected chi connectivity index (χ3v) is 2.27. The molecule has 18 heavy (non-hydrogen) atoms. The number of hydrogen-bond acceptors (Lipinski definition) is 4. The van der Waals surface area contributed by atoms with Crippen molar-refractivity contribution in [3.63, 3.8) is 0 Å². The van der Waals surface area contributed by atoms with E-state index in [1.165, 1.54) is 17.0 Å². The van der Waals surface area contributed by atoms with E-state index < -0.39 is 17.5 Å². The lowest BCUT2D eigenvalue weighted by Gasteiger charge is -2.27. The normalized spacial score (nSPS) is 11.3. The number of carboxylic acid groups (broad SMARTS) is 1. The molecule has 1 rings (SSSR count). The number of rotatable bonds is 5. The molecule has 0 spiro atoms. The Hall–Kier alpha value is -1.82. The van der Waals surface area contributed by atoms with Crippen LogP contribution in [0.5, 0.6) is 0 Å². The lowest BCUT2D eigenvalue weighted by Crippen LogP contribution is -2.42. The van der Waals surface area contributed by atoms with E-state index in [-0.39, 0.29) is 18.1 Å². The first-order valence-electron chi connectivity index (χ1n) is 5.59. The third kappa shape index (κ3) is 3.59. The van der Waals surface area contributed by atoms with E-state index in [1.807, 2.05) is 0 Å². The zero-order chi connectivity index (χ0) is 13.9. The Morgan fingerprint density at radius 1 is 1.33 bits per heavy atom. The van der Waals surface area contributed by atoms with Gasteiger partial charge in [-0.2, -0.15) is 0 Å². The molecule has 0 atom stereocenters. The van der Waals surface area contributed by atoms with Gasteiger partial charge in [0.05, 0.1) is 5.60 Å². The topological polar surface area (TPSA) is 91.0 Å². The van der Waals surface area contributed by atoms with Crippen LogP contribution in [0.3, 0.4) is 0 Å². The van der Waals surface area contributed by atoms with Crippen molar-refractivity contribution < 1.29 is 24.2 Å². The maximum atomic E-state index is 12.0. The maximum Gasteiger partial charge on any atom is 0.371 e. The number of aromatic carboxylic acids is 1. The summed E-state index contributed by atoms with van der Waals surface area (Å²) in [6.45, 7) is 5.49. The van der Waals surface area contributed by atoms with Crippen LogP contribution in [0.4, 0.5) is 0 Å². The van der Waals surface area contributed by atoms with Crippen LogP contribution in [-0.2, 0) is 0 Å². The van der Waals surface area contributed by atoms with Crippen LogP contribution >= 0.6 is 0 Å². The summed E-state index contributed by atoms with van der Waals surface area (Å²) in [5.41, 5.74) is -1.02. The smallest absolute Gasteiger partial charge is 0.371 e. The van der Waals surface area contributed by atoms with Crippen molar-refractivity contribution in [1.82, 2.24) is 4.90 Å². The maximum absolute atomic E-state index is 12.0. The number of carboxylic acids is 1. The zero-order valence-electron chi connectivity index (χ0n) is 10.6. The minimum atomic E-state index is -1.22. The van der Waals surface area contributed by atoms with Gasteiger partial charge in [0, 0.05) is 13.1 Å². The molecule has 0 saturated heterocycles. The number of likely N-dealkylation sites (N-methyl/N-ethyl adjacent to an activating group) is 1. The first-order chi connectivity index (χ1) is 8.24. The van der Waals surface area contributed by atoms with Gasteiger partial charge < -0.3 is 19.5 Å². The molecule has 0 saturated carbocycles. The highest BCUT2D eigenvalue weighted by molar-refractivity contribution is 5.93. The highest BCUT2D eigenvalue weighted by atomic mass is 16.4. The van der Waals surface area contributed by atoms with Crippen LogP contribution in [0, 0.1) is 0 Å². The highest BCUT2D eigenvalue weighted by Crippen LogP contribution is 2.13. The molecule has 0 unspecified atom stereocenters. The molecule has 1 amide bonds. The van der Waals surface area contributed by atoms with E-state index in [4.69, 9.17) is 9.52 Å². The molecule has 1 aromatic heterocycles. The van der Waals surface area contributed by atoms with Gasteiger partial charge in [0.25, 0.3) is 5.91 Å². The number of hydrogen-bond donors (Lipinski definition) is 2. The summed E-state index contributed by atoms with van der Waals surface area (Å²) in [6, 6.07) is 2.55. The number of carbonyl (C=O) groups excluding carboxylic acids is 1. The molecule has 0 aliphatic rings. The van der Waals surface area contributed by atoms with Crippen LogP contribution in [0.15, 0.2) is 16.5 Å². The second kappa shape index (κ2) is 5.22. The molecule has 0 aliphatic carbocycles. The van der Waals surface area contributed by atoms with E-state index in [0.29, 0.717) is 6.54 Å². The second-order valence-corrected chi connectivity index (χ2v) is 4.60. The average molecular weight is 255 g/mol. The van der Waals surface area contributed by atoms with Crippen molar-refractivity contribution in [2.45, 2.75) is 26.4 Å². The zero-order valence-corrected chi connectivity index (χ0v) is 10.6. The highest BCUT2D eigenvalue weighted by Gasteiger charge is 2.24. The minimum absolute atomic E-state index is 0.0431. The molecule has 6 heteroatoms. The lowest BCUT2D eigenvalue weighted by molar-refractivity contribution is 0.0296. The summed E-state index contributed by atoms with van der Waals surface area (Å²) in [7, 11) is 0. The fourth-order valence-corrected chi connectivity index (χ4v) is 1.52. The van der Waals surface area contributed by atoms with Gasteiger partial charge in [-0.1, -0.05) is 0 Å². The standard InChI is InChI=1S/C12H17NO5/c1-4-13(7-12(2,3)17)10(14)8-5-6-9(18-8)11(15)16/h5-6,17H,4,7H2,1-3H3,(H,15,16). The first-order valence-corrected chi connectivity index (χ1v) is 5.59. The molecule has 6 nitrogen and oxygen atoms in total. The van der Waals surface area contributed by atoms with Gasteiger partial charge in [-0.3, -0.25) is 4.79 Å². The Morgan fingerprint density at radius 2 is 1.89 bits per heavy atom. The molecule has 2 N–H and O–H groups in total. The van der Waals surface area contributed by atoms with Gasteiger partial charge in [-0.05, 0) is 32.9 Å². The van der Waals surface area contributed by atoms with Crippen LogP contribution in [0.25, 0.3) is 0 Å². The van der Waals surface area contributed by atoms with E-state index >= 15 is 0 Å². The van der Waals surface area contributed by atoms with Crippen molar-refractivity contribution in [2.24, 2.45) is 0 Å². The molecule has 100 valence electrons. The van der Waals surface area contributed by atoms with Gasteiger partial charge in [-0.25, -0.2) is 4.79 Å². The molecule has 0 aromatic carbocycles. The van der Waals surface area contributed by atoms with Crippen LogP contribution < -0.4 is 0 Å². The van der Waals surface area contributed by atoms with E-state index in [1.54, 1.807) is 20.8 Å². The molecule has 0 bridgehead atoms. The lowest BCUT2D eigenvalue weighted by atomic mass is 10.1. The molecule has 0 radical (unpaired) electrons. The Morgan fingerprint density at radius 3 is 2.28 bits per heavy atom. The number of nitrogens with zero attached hydrogens (tertiary/aromatic N) is 1. The minimum Gasteiger partial charge on any atom is -0.475 e. The van der Waals surface area contributed by atoms with Gasteiger partial charge in [0.2, 0.25) is 5.76 Å². The first kappa shape index (κ1) is 14.2. The number of aliphatic hydroxyl groups is 1. The summed E-state index contributed by atoms with van der Waals surface area (Å²) in [6.07, 6.45) is 0. The van der Waals surface area contributed by atoms with E-state index in [9.17, 15) is 14.7 Å². The molecule has 1 aromatic rings. The van der Waals surface area contributed by atoms with E-state index in [2.05, 4.69) is 0 Å². The predicted octanol–water partition coefficient (Wildman–Crippen LogP) is 1.21. The van der Waals surface area contributed by atoms with Crippen LogP contribution in [-0.4, -0.2) is 45.7 Å². The third-order valence-electron chi connectivity index (χ3n) is 2.27. The van der Waals surface area contributed by atoms with Crippen LogP contribution in [0.2, 0.25) is 0 Å². The summed E-state index contributed by atoms with van der Waals surface area (Å²) >= 11 is 0. The van der Waals surface area contributed by atoms with Crippen molar-refractivity contribution >= 4 is 11.9 Å². The molecule has 0 aliphatic heterocycles. The molecule has 0 fully saturated rings. The van der Waals surface area contributed by atoms with Gasteiger partial charge in [-0.15, -0.1) is 0 Å². The van der Waals surface area contributed by atoms with Crippen molar-refractivity contribution in [2.75, 3.05) is 13.1 Å². The van der Waals surface area contributed by atoms with Gasteiger partial charge in [0.15, 0.2) is 5.76 Å². The average Bonchev–Trinajstić information content (AvgIpc) is 2.72. The Kier molecular flexibility index (Phi) is 4.13. The van der Waals surface area contributed by atoms with E-state index in [0.717, 1.165) is 0 Å². The largest absolute Gasteiger partial charge is 0.475 e. The summed E-state index contributed by atoms with van der Waals surface area (Å²) in [5, 5.41) is 18.4. The molecular weight excluding hydrogens is 238 g/mol. The van der Waals surface area contributed by atoms with Gasteiger partial charge >= 0.3 is 5.97 Å². The predicted molar refractivity (Wildman–Crippen MR) is 63.5 cm³/mol. The monoisotopic (exact) mass is 255 g/mol. The summed E-state index contributed by atoms with van der Waals surface area (Å²) in [5.74, 6) is -1.98. The SMILES string of the molecule is CCN(CC(C)(C)O)C(=O)c1ccc(C(=O)O)o1. The number of carbonyl (C=O) groups is 2. The Balaban J connectivity index is 2.86. The van der Waals surface area contributed by atoms with Crippen molar-refractivity contribution in [1.29, 1.82) is 0 Å². The van der Waals surface area contributed by atoms with Gasteiger partial charge in [0.1, 0.15) is 0 Å². The number of amides is 1. The number of furan rings is 1. The quantitative estimate of drug-likeness (QED) is 0.825. The summed E-state index contributed by atoms with van der Waals surface area (Å²) < 4.78 is 4.93. The Labute approximate surface area is 105 Å². The Bertz CT molecular complexity index is 444. The second-order valence-electron chi connectivity index (χ2n) is 4.60. The van der Waals surface area contributed by atoms with Crippen molar-refractivity contribution in [3.05, 3.63) is 23.7 Å². The molecular formula is C12H17NO5. The molecule has 1 heterocycles.